The molecular formula is C10H5Br2N3O7S2. The number of non-ortho nitro benzene ring substituents is 1. The summed E-state index contributed by atoms with van der Waals surface area (Å²) in [4.78, 5) is 26.4. The molecule has 0 aliphatic carbocycles. The molecule has 0 radical (unpaired) electrons. The first kappa shape index (κ1) is 18.7. The fourth-order valence-corrected chi connectivity index (χ4v) is 5.04. The van der Waals surface area contributed by atoms with E-state index in [2.05, 4.69) is 31.9 Å². The zero-order valence-electron chi connectivity index (χ0n) is 11.1. The molecular weight excluding hydrogens is 498 g/mol. The molecule has 0 atom stereocenters. The molecule has 14 heteroatoms. The van der Waals surface area contributed by atoms with Gasteiger partial charge >= 0.3 is 5.69 Å². The average molecular weight is 503 g/mol. The first-order chi connectivity index (χ1) is 11.1. The van der Waals surface area contributed by atoms with Crippen molar-refractivity contribution >= 4 is 64.6 Å². The number of hydrogen-bond acceptors (Lipinski definition) is 8. The van der Waals surface area contributed by atoms with Crippen LogP contribution >= 0.6 is 43.2 Å². The van der Waals surface area contributed by atoms with Crippen molar-refractivity contribution in [2.45, 2.75) is 4.21 Å². The molecule has 0 spiro atoms. The molecule has 1 heterocycles. The second-order valence-electron chi connectivity index (χ2n) is 4.04. The zero-order valence-corrected chi connectivity index (χ0v) is 15.9. The number of hydrogen-bond donors (Lipinski definition) is 1. The number of nitro benzene ring substituents is 2. The standard InChI is InChI=1S/C10H5Br2N3O7S2/c11-6-4-9(23-10(6)12)24(20,21)13-22-8-2-1-5(14(16)17)3-7(8)15(18)19/h1-4,13H. The normalized spacial score (nSPS) is 11.2. The van der Waals surface area contributed by atoms with Gasteiger partial charge in [0.15, 0.2) is 0 Å². The quantitative estimate of drug-likeness (QED) is 0.471. The van der Waals surface area contributed by atoms with Crippen LogP contribution in [0.3, 0.4) is 0 Å². The number of benzene rings is 1. The summed E-state index contributed by atoms with van der Waals surface area (Å²) in [5, 5.41) is 21.6. The fraction of sp³-hybridized carbons (Fsp3) is 0. The number of rotatable bonds is 6. The molecule has 0 bridgehead atoms. The Morgan fingerprint density at radius 2 is 1.79 bits per heavy atom. The van der Waals surface area contributed by atoms with Crippen molar-refractivity contribution in [3.63, 3.8) is 0 Å². The Morgan fingerprint density at radius 1 is 1.12 bits per heavy atom. The van der Waals surface area contributed by atoms with E-state index in [1.54, 1.807) is 4.89 Å². The highest BCUT2D eigenvalue weighted by Gasteiger charge is 2.24. The first-order valence-corrected chi connectivity index (χ1v) is 9.56. The van der Waals surface area contributed by atoms with Crippen LogP contribution in [-0.4, -0.2) is 18.3 Å². The fourth-order valence-electron chi connectivity index (χ4n) is 1.45. The Hall–Kier alpha value is -1.61. The van der Waals surface area contributed by atoms with Gasteiger partial charge in [-0.2, -0.15) is 0 Å². The van der Waals surface area contributed by atoms with Gasteiger partial charge in [-0.15, -0.1) is 11.3 Å². The molecule has 0 aliphatic rings. The lowest BCUT2D eigenvalue weighted by molar-refractivity contribution is -0.394. The lowest BCUT2D eigenvalue weighted by Gasteiger charge is -2.07. The number of nitrogens with one attached hydrogen (secondary N) is 1. The van der Waals surface area contributed by atoms with Gasteiger partial charge in [0, 0.05) is 10.5 Å². The number of nitrogens with zero attached hydrogens (tertiary/aromatic N) is 2. The predicted octanol–water partition coefficient (Wildman–Crippen LogP) is 3.36. The molecule has 0 aliphatic heterocycles. The Balaban J connectivity index is 2.28. The van der Waals surface area contributed by atoms with Crippen LogP contribution in [0.5, 0.6) is 5.75 Å². The van der Waals surface area contributed by atoms with Crippen LogP contribution in [0, 0.1) is 20.2 Å². The first-order valence-electron chi connectivity index (χ1n) is 5.68. The molecule has 1 N–H and O–H groups in total. The summed E-state index contributed by atoms with van der Waals surface area (Å²) >= 11 is 7.17. The SMILES string of the molecule is O=[N+]([O-])c1ccc(ONS(=O)(=O)c2cc(Br)c(Br)s2)c([N+](=O)[O-])c1. The van der Waals surface area contributed by atoms with E-state index in [1.165, 1.54) is 6.07 Å². The molecule has 0 fully saturated rings. The van der Waals surface area contributed by atoms with Crippen molar-refractivity contribution < 1.29 is 23.1 Å². The second-order valence-corrected chi connectivity index (χ2v) is 9.14. The highest BCUT2D eigenvalue weighted by atomic mass is 79.9. The van der Waals surface area contributed by atoms with Crippen molar-refractivity contribution in [1.29, 1.82) is 0 Å². The third-order valence-corrected chi connectivity index (χ3v) is 7.41. The van der Waals surface area contributed by atoms with Crippen LogP contribution in [0.15, 0.2) is 36.7 Å². The third kappa shape index (κ3) is 4.07. The largest absolute Gasteiger partial charge is 0.386 e. The molecule has 2 aromatic rings. The Kier molecular flexibility index (Phi) is 5.54. The van der Waals surface area contributed by atoms with E-state index in [1.807, 2.05) is 0 Å². The minimum absolute atomic E-state index is 0.106. The molecule has 10 nitrogen and oxygen atoms in total. The smallest absolute Gasteiger partial charge is 0.320 e. The van der Waals surface area contributed by atoms with Crippen molar-refractivity contribution in [3.8, 4) is 5.75 Å². The average Bonchev–Trinajstić information content (AvgIpc) is 2.85. The van der Waals surface area contributed by atoms with Gasteiger partial charge < -0.3 is 4.84 Å². The van der Waals surface area contributed by atoms with Crippen molar-refractivity contribution in [2.24, 2.45) is 0 Å². The van der Waals surface area contributed by atoms with E-state index in [9.17, 15) is 28.6 Å². The summed E-state index contributed by atoms with van der Waals surface area (Å²) < 4.78 is 25.1. The van der Waals surface area contributed by atoms with Gasteiger partial charge in [-0.1, -0.05) is 0 Å². The number of thiophene rings is 1. The van der Waals surface area contributed by atoms with Crippen molar-refractivity contribution in [2.75, 3.05) is 0 Å². The summed E-state index contributed by atoms with van der Waals surface area (Å²) in [6, 6.07) is 3.86. The van der Waals surface area contributed by atoms with E-state index in [-0.39, 0.29) is 4.21 Å². The van der Waals surface area contributed by atoms with Crippen LogP contribution in [0.4, 0.5) is 11.4 Å². The van der Waals surface area contributed by atoms with E-state index in [4.69, 9.17) is 4.84 Å². The van der Waals surface area contributed by atoms with Gasteiger partial charge in [0.2, 0.25) is 5.75 Å². The third-order valence-electron chi connectivity index (χ3n) is 2.50. The number of nitro groups is 2. The summed E-state index contributed by atoms with van der Waals surface area (Å²) in [6.45, 7) is 0. The number of halogens is 2. The highest BCUT2D eigenvalue weighted by molar-refractivity contribution is 9.13. The van der Waals surface area contributed by atoms with Gasteiger partial charge in [-0.05, 0) is 48.9 Å². The molecule has 2 rings (SSSR count). The number of sulfonamides is 1. The summed E-state index contributed by atoms with van der Waals surface area (Å²) in [5.74, 6) is -0.483. The molecule has 1 aromatic carbocycles. The van der Waals surface area contributed by atoms with Crippen LogP contribution in [0.1, 0.15) is 0 Å². The maximum absolute atomic E-state index is 12.1. The monoisotopic (exact) mass is 501 g/mol. The minimum atomic E-state index is -4.10. The van der Waals surface area contributed by atoms with Crippen LogP contribution in [0.2, 0.25) is 0 Å². The van der Waals surface area contributed by atoms with Crippen LogP contribution < -0.4 is 9.72 Å². The summed E-state index contributed by atoms with van der Waals surface area (Å²) in [6.07, 6.45) is 0. The lowest BCUT2D eigenvalue weighted by atomic mass is 10.2. The van der Waals surface area contributed by atoms with Crippen molar-refractivity contribution in [3.05, 3.63) is 52.8 Å². The van der Waals surface area contributed by atoms with E-state index >= 15 is 0 Å². The molecule has 24 heavy (non-hydrogen) atoms. The molecule has 0 saturated heterocycles. The summed E-state index contributed by atoms with van der Waals surface area (Å²) in [7, 11) is -4.10. The van der Waals surface area contributed by atoms with Gasteiger partial charge in [0.05, 0.1) is 19.7 Å². The van der Waals surface area contributed by atoms with Crippen LogP contribution in [-0.2, 0) is 10.0 Å². The lowest BCUT2D eigenvalue weighted by Crippen LogP contribution is -2.26. The zero-order chi connectivity index (χ0) is 18.1. The molecule has 0 unspecified atom stereocenters. The topological polar surface area (TPSA) is 142 Å². The predicted molar refractivity (Wildman–Crippen MR) is 90.4 cm³/mol. The Morgan fingerprint density at radius 3 is 2.29 bits per heavy atom. The summed E-state index contributed by atoms with van der Waals surface area (Å²) in [5.41, 5.74) is -1.27. The van der Waals surface area contributed by atoms with Crippen LogP contribution in [0.25, 0.3) is 0 Å². The van der Waals surface area contributed by atoms with Crippen molar-refractivity contribution in [1.82, 2.24) is 4.89 Å². The Labute approximate surface area is 155 Å². The maximum atomic E-state index is 12.1. The maximum Gasteiger partial charge on any atom is 0.320 e. The van der Waals surface area contributed by atoms with Gasteiger partial charge in [0.1, 0.15) is 4.21 Å². The molecule has 0 saturated carbocycles. The highest BCUT2D eigenvalue weighted by Crippen LogP contribution is 2.35. The molecule has 1 aromatic heterocycles. The van der Waals surface area contributed by atoms with E-state index in [0.717, 1.165) is 23.5 Å². The molecule has 0 amide bonds. The molecule has 128 valence electrons. The van der Waals surface area contributed by atoms with Gasteiger partial charge in [-0.3, -0.25) is 20.2 Å². The van der Waals surface area contributed by atoms with E-state index in [0.29, 0.717) is 14.3 Å². The van der Waals surface area contributed by atoms with Gasteiger partial charge in [0.25, 0.3) is 15.7 Å². The second kappa shape index (κ2) is 7.10. The Bertz CT molecular complexity index is 909. The van der Waals surface area contributed by atoms with E-state index < -0.39 is 37.0 Å². The minimum Gasteiger partial charge on any atom is -0.386 e. The van der Waals surface area contributed by atoms with Gasteiger partial charge in [-0.25, -0.2) is 8.42 Å².